The number of fused-ring (bicyclic) bond motifs is 11. The van der Waals surface area contributed by atoms with Crippen LogP contribution < -0.4 is 21.3 Å². The Kier molecular flexibility index (Phi) is 5.53. The minimum absolute atomic E-state index is 0.985. The van der Waals surface area contributed by atoms with E-state index in [1.54, 1.807) is 0 Å². The molecule has 4 N–H and O–H groups in total. The fourth-order valence-corrected chi connectivity index (χ4v) is 3.66. The van der Waals surface area contributed by atoms with Gasteiger partial charge in [-0.25, -0.2) is 0 Å². The summed E-state index contributed by atoms with van der Waals surface area (Å²) >= 11 is 0. The van der Waals surface area contributed by atoms with E-state index in [0.717, 1.165) is 52.1 Å². The van der Waals surface area contributed by atoms with Crippen molar-refractivity contribution in [1.82, 2.24) is 10.6 Å². The quantitative estimate of drug-likeness (QED) is 0.467. The van der Waals surface area contributed by atoms with Crippen molar-refractivity contribution < 1.29 is 0 Å². The van der Waals surface area contributed by atoms with E-state index in [9.17, 15) is 0 Å². The summed E-state index contributed by atoms with van der Waals surface area (Å²) in [5.41, 5.74) is 2.45. The van der Waals surface area contributed by atoms with Gasteiger partial charge in [0.2, 0.25) is 0 Å². The van der Waals surface area contributed by atoms with E-state index >= 15 is 0 Å². The van der Waals surface area contributed by atoms with Gasteiger partial charge in [-0.15, -0.1) is 0 Å². The molecule has 2 aliphatic rings. The first-order valence-corrected chi connectivity index (χ1v) is 9.76. The lowest BCUT2D eigenvalue weighted by Gasteiger charge is -2.14. The van der Waals surface area contributed by atoms with Gasteiger partial charge in [-0.3, -0.25) is 0 Å². The molecule has 0 fully saturated rings. The minimum atomic E-state index is 0.985. The van der Waals surface area contributed by atoms with Crippen molar-refractivity contribution in [3.63, 3.8) is 0 Å². The van der Waals surface area contributed by atoms with Crippen LogP contribution in [-0.4, -0.2) is 39.3 Å². The van der Waals surface area contributed by atoms with Crippen LogP contribution in [0.25, 0.3) is 21.5 Å². The molecule has 0 saturated heterocycles. The monoisotopic (exact) mass is 348 g/mol. The Labute approximate surface area is 155 Å². The molecule has 3 aromatic rings. The number of rotatable bonds is 0. The Balaban J connectivity index is 1.69. The van der Waals surface area contributed by atoms with Gasteiger partial charge in [0.05, 0.1) is 0 Å². The topological polar surface area (TPSA) is 48.1 Å². The lowest BCUT2D eigenvalue weighted by molar-refractivity contribution is 0.595. The zero-order chi connectivity index (χ0) is 17.6. The highest BCUT2D eigenvalue weighted by Crippen LogP contribution is 2.32. The second kappa shape index (κ2) is 8.39. The van der Waals surface area contributed by atoms with Crippen LogP contribution in [0.4, 0.5) is 11.4 Å². The summed E-state index contributed by atoms with van der Waals surface area (Å²) < 4.78 is 0. The van der Waals surface area contributed by atoms with Crippen molar-refractivity contribution in [2.75, 3.05) is 49.9 Å². The average molecular weight is 348 g/mol. The Bertz CT molecular complexity index is 801. The molecule has 0 spiro atoms. The normalized spacial score (nSPS) is 17.1. The first kappa shape index (κ1) is 17.1. The van der Waals surface area contributed by atoms with Gasteiger partial charge in [0.15, 0.2) is 0 Å². The number of hydrogen-bond donors (Lipinski definition) is 4. The van der Waals surface area contributed by atoms with Gasteiger partial charge in [0.1, 0.15) is 0 Å². The molecule has 136 valence electrons. The van der Waals surface area contributed by atoms with Crippen LogP contribution in [0, 0.1) is 0 Å². The highest BCUT2D eigenvalue weighted by atomic mass is 15.0. The first-order valence-electron chi connectivity index (χ1n) is 9.76. The number of nitrogens with one attached hydrogen (secondary N) is 4. The number of benzene rings is 3. The zero-order valence-electron chi connectivity index (χ0n) is 15.3. The summed E-state index contributed by atoms with van der Waals surface area (Å²) in [5, 5.41) is 19.4. The SMILES string of the molecule is c1cc2c3cc4cccc(c4cc3c1)NCCCNCCNCCCN2. The smallest absolute Gasteiger partial charge is 0.0420 e. The molecule has 5 rings (SSSR count). The van der Waals surface area contributed by atoms with Crippen molar-refractivity contribution in [3.8, 4) is 0 Å². The summed E-state index contributed by atoms with van der Waals surface area (Å²) in [7, 11) is 0. The Hall–Kier alpha value is -2.30. The van der Waals surface area contributed by atoms with Crippen molar-refractivity contribution in [2.45, 2.75) is 12.8 Å². The minimum Gasteiger partial charge on any atom is -0.384 e. The molecule has 6 bridgehead atoms. The molecule has 0 unspecified atom stereocenters. The molecule has 4 heteroatoms. The summed E-state index contributed by atoms with van der Waals surface area (Å²) in [6, 6.07) is 17.7. The first-order chi connectivity index (χ1) is 12.9. The van der Waals surface area contributed by atoms with Crippen molar-refractivity contribution >= 4 is 32.9 Å². The van der Waals surface area contributed by atoms with Gasteiger partial charge in [0.25, 0.3) is 0 Å². The van der Waals surface area contributed by atoms with Gasteiger partial charge < -0.3 is 21.3 Å². The average Bonchev–Trinajstić information content (AvgIpc) is 2.67. The highest BCUT2D eigenvalue weighted by Gasteiger charge is 2.06. The predicted molar refractivity (Wildman–Crippen MR) is 113 cm³/mol. The van der Waals surface area contributed by atoms with Gasteiger partial charge in [0, 0.05) is 48.3 Å². The third-order valence-corrected chi connectivity index (χ3v) is 5.05. The van der Waals surface area contributed by atoms with E-state index in [1.165, 1.54) is 32.9 Å². The molecular weight excluding hydrogens is 320 g/mol. The van der Waals surface area contributed by atoms with Gasteiger partial charge in [-0.2, -0.15) is 0 Å². The van der Waals surface area contributed by atoms with Crippen molar-refractivity contribution in [1.29, 1.82) is 0 Å². The van der Waals surface area contributed by atoms with Crippen LogP contribution in [0.1, 0.15) is 12.8 Å². The lowest BCUT2D eigenvalue weighted by Crippen LogP contribution is -2.29. The Morgan fingerprint density at radius 3 is 1.54 bits per heavy atom. The van der Waals surface area contributed by atoms with E-state index in [1.807, 2.05) is 0 Å². The van der Waals surface area contributed by atoms with Crippen LogP contribution in [0.3, 0.4) is 0 Å². The molecule has 26 heavy (non-hydrogen) atoms. The van der Waals surface area contributed by atoms with E-state index in [-0.39, 0.29) is 0 Å². The summed E-state index contributed by atoms with van der Waals surface area (Å²) in [6.45, 7) is 6.13. The van der Waals surface area contributed by atoms with Crippen LogP contribution in [0.15, 0.2) is 48.5 Å². The van der Waals surface area contributed by atoms with E-state index in [4.69, 9.17) is 0 Å². The Morgan fingerprint density at radius 1 is 0.538 bits per heavy atom. The van der Waals surface area contributed by atoms with Crippen LogP contribution >= 0.6 is 0 Å². The molecule has 0 saturated carbocycles. The van der Waals surface area contributed by atoms with Crippen LogP contribution in [-0.2, 0) is 0 Å². The van der Waals surface area contributed by atoms with Crippen molar-refractivity contribution in [2.24, 2.45) is 0 Å². The van der Waals surface area contributed by atoms with Gasteiger partial charge in [-0.1, -0.05) is 24.3 Å². The summed E-state index contributed by atoms with van der Waals surface area (Å²) in [5.74, 6) is 0. The molecular formula is C22H28N4. The maximum Gasteiger partial charge on any atom is 0.0420 e. The second-order valence-electron chi connectivity index (χ2n) is 6.97. The lowest BCUT2D eigenvalue weighted by atomic mass is 10.0. The third-order valence-electron chi connectivity index (χ3n) is 5.05. The second-order valence-corrected chi connectivity index (χ2v) is 6.97. The molecule has 0 amide bonds. The molecule has 4 nitrogen and oxygen atoms in total. The van der Waals surface area contributed by atoms with Crippen molar-refractivity contribution in [3.05, 3.63) is 48.5 Å². The third kappa shape index (κ3) is 3.92. The van der Waals surface area contributed by atoms with Gasteiger partial charge >= 0.3 is 0 Å². The molecule has 2 heterocycles. The maximum atomic E-state index is 3.62. The molecule has 0 atom stereocenters. The molecule has 0 radical (unpaired) electrons. The van der Waals surface area contributed by atoms with E-state index in [0.29, 0.717) is 0 Å². The summed E-state index contributed by atoms with van der Waals surface area (Å²) in [4.78, 5) is 0. The fourth-order valence-electron chi connectivity index (χ4n) is 3.66. The van der Waals surface area contributed by atoms with Gasteiger partial charge in [-0.05, 0) is 61.0 Å². The molecule has 3 aromatic carbocycles. The molecule has 2 aliphatic heterocycles. The maximum absolute atomic E-state index is 3.62. The molecule has 0 aliphatic carbocycles. The predicted octanol–water partition coefficient (Wildman–Crippen LogP) is 3.79. The number of anilines is 2. The standard InChI is InChI=1S/C22H28N4/c1-5-17-15-20-18-6-2-8-22(20)26-12-4-10-24-14-13-23-9-3-11-25-21(7-1)19(17)16-18/h1-2,5-8,15-16,23-26H,3-4,9-14H2. The highest BCUT2D eigenvalue weighted by molar-refractivity contribution is 6.07. The summed E-state index contributed by atoms with van der Waals surface area (Å²) in [6.07, 6.45) is 2.25. The fraction of sp³-hybridized carbons (Fsp3) is 0.364. The van der Waals surface area contributed by atoms with Crippen LogP contribution in [0.2, 0.25) is 0 Å². The largest absolute Gasteiger partial charge is 0.384 e. The van der Waals surface area contributed by atoms with E-state index < -0.39 is 0 Å². The zero-order valence-corrected chi connectivity index (χ0v) is 15.3. The van der Waals surface area contributed by atoms with Crippen LogP contribution in [0.5, 0.6) is 0 Å². The Morgan fingerprint density at radius 2 is 1.04 bits per heavy atom. The molecule has 0 aromatic heterocycles. The number of hydrogen-bond acceptors (Lipinski definition) is 4. The van der Waals surface area contributed by atoms with E-state index in [2.05, 4.69) is 69.8 Å².